The van der Waals surface area contributed by atoms with E-state index in [9.17, 15) is 4.79 Å². The fourth-order valence-corrected chi connectivity index (χ4v) is 2.26. The Labute approximate surface area is 112 Å². The van der Waals surface area contributed by atoms with E-state index in [0.29, 0.717) is 11.1 Å². The Bertz CT molecular complexity index is 993. The second-order valence-electron chi connectivity index (χ2n) is 4.63. The lowest BCUT2D eigenvalue weighted by Crippen LogP contribution is -1.93. The van der Waals surface area contributed by atoms with Gasteiger partial charge in [-0.1, -0.05) is 6.07 Å². The third-order valence-corrected chi connectivity index (χ3v) is 3.16. The summed E-state index contributed by atoms with van der Waals surface area (Å²) in [5.41, 5.74) is 4.60. The van der Waals surface area contributed by atoms with Crippen LogP contribution in [0.15, 0.2) is 45.7 Å². The highest BCUT2D eigenvalue weighted by molar-refractivity contribution is 5.78. The van der Waals surface area contributed by atoms with E-state index in [-0.39, 0.29) is 0 Å². The number of nitrogens with zero attached hydrogens (tertiary/aromatic N) is 3. The largest absolute Gasteiger partial charge is 0.417 e. The lowest BCUT2D eigenvalue weighted by Gasteiger charge is -2.01. The summed E-state index contributed by atoms with van der Waals surface area (Å²) in [6.45, 7) is 1.93. The zero-order valence-corrected chi connectivity index (χ0v) is 10.6. The van der Waals surface area contributed by atoms with Crippen molar-refractivity contribution in [2.75, 3.05) is 0 Å². The fraction of sp³-hybridized carbons (Fsp3) is 0.0714. The number of aryl methyl sites for hydroxylation is 1. The van der Waals surface area contributed by atoms with Crippen LogP contribution < -0.4 is 5.76 Å². The summed E-state index contributed by atoms with van der Waals surface area (Å²) in [6.07, 6.45) is 1.87. The van der Waals surface area contributed by atoms with Crippen molar-refractivity contribution in [2.24, 2.45) is 0 Å². The van der Waals surface area contributed by atoms with Crippen LogP contribution >= 0.6 is 0 Å². The van der Waals surface area contributed by atoms with Gasteiger partial charge in [-0.25, -0.2) is 14.3 Å². The molecule has 6 nitrogen and oxygen atoms in total. The first-order valence-corrected chi connectivity index (χ1v) is 6.15. The maximum Gasteiger partial charge on any atom is 0.417 e. The first-order chi connectivity index (χ1) is 9.69. The van der Waals surface area contributed by atoms with E-state index in [1.807, 2.05) is 31.3 Å². The lowest BCUT2D eigenvalue weighted by molar-refractivity contribution is 0.555. The van der Waals surface area contributed by atoms with Crippen LogP contribution in [0.3, 0.4) is 0 Å². The fourth-order valence-electron chi connectivity index (χ4n) is 2.26. The van der Waals surface area contributed by atoms with Crippen LogP contribution in [0.25, 0.3) is 28.0 Å². The molecule has 0 fully saturated rings. The molecule has 0 radical (unpaired) electrons. The van der Waals surface area contributed by atoms with Crippen LogP contribution in [0.2, 0.25) is 0 Å². The molecule has 98 valence electrons. The second-order valence-corrected chi connectivity index (χ2v) is 4.63. The molecule has 4 aromatic rings. The Morgan fingerprint density at radius 3 is 3.05 bits per heavy atom. The molecule has 0 bridgehead atoms. The van der Waals surface area contributed by atoms with Crippen molar-refractivity contribution < 1.29 is 4.42 Å². The molecule has 0 aliphatic rings. The zero-order chi connectivity index (χ0) is 13.7. The van der Waals surface area contributed by atoms with Crippen molar-refractivity contribution in [1.82, 2.24) is 19.6 Å². The number of H-pyrrole nitrogens is 1. The van der Waals surface area contributed by atoms with Crippen LogP contribution in [-0.2, 0) is 0 Å². The van der Waals surface area contributed by atoms with Crippen LogP contribution in [0.5, 0.6) is 0 Å². The van der Waals surface area contributed by atoms with Gasteiger partial charge in [-0.3, -0.25) is 4.98 Å². The van der Waals surface area contributed by atoms with Crippen LogP contribution in [0.1, 0.15) is 5.69 Å². The Kier molecular flexibility index (Phi) is 2.09. The third kappa shape index (κ3) is 1.62. The van der Waals surface area contributed by atoms with Crippen LogP contribution in [0.4, 0.5) is 0 Å². The number of oxazole rings is 1. The number of fused-ring (bicyclic) bond motifs is 2. The van der Waals surface area contributed by atoms with Gasteiger partial charge in [0.15, 0.2) is 11.2 Å². The van der Waals surface area contributed by atoms with Crippen molar-refractivity contribution >= 4 is 16.7 Å². The minimum atomic E-state index is -0.453. The highest BCUT2D eigenvalue weighted by Gasteiger charge is 2.07. The molecule has 0 saturated carbocycles. The molecule has 6 heteroatoms. The Morgan fingerprint density at radius 2 is 2.15 bits per heavy atom. The molecule has 0 atom stereocenters. The first kappa shape index (κ1) is 11.0. The number of nitrogens with one attached hydrogen (secondary N) is 1. The summed E-state index contributed by atoms with van der Waals surface area (Å²) in [7, 11) is 0. The maximum atomic E-state index is 11.2. The smallest absolute Gasteiger partial charge is 0.408 e. The number of benzene rings is 1. The predicted octanol–water partition coefficient (Wildman–Crippen LogP) is 2.14. The van der Waals surface area contributed by atoms with Gasteiger partial charge in [0.25, 0.3) is 0 Å². The summed E-state index contributed by atoms with van der Waals surface area (Å²) >= 11 is 0. The average molecular weight is 266 g/mol. The molecule has 4 rings (SSSR count). The summed E-state index contributed by atoms with van der Waals surface area (Å²) < 4.78 is 6.80. The molecule has 0 aliphatic carbocycles. The van der Waals surface area contributed by atoms with E-state index >= 15 is 0 Å². The normalized spacial score (nSPS) is 11.4. The van der Waals surface area contributed by atoms with E-state index in [1.165, 1.54) is 0 Å². The van der Waals surface area contributed by atoms with E-state index in [0.717, 1.165) is 22.6 Å². The number of imidazole rings is 1. The summed E-state index contributed by atoms with van der Waals surface area (Å²) in [4.78, 5) is 18.1. The average Bonchev–Trinajstić information content (AvgIpc) is 2.97. The number of rotatable bonds is 1. The van der Waals surface area contributed by atoms with Gasteiger partial charge in [-0.15, -0.1) is 0 Å². The number of hydrogen-bond acceptors (Lipinski definition) is 4. The maximum absolute atomic E-state index is 11.2. The molecule has 0 saturated heterocycles. The van der Waals surface area contributed by atoms with Gasteiger partial charge in [0, 0.05) is 5.56 Å². The molecule has 3 heterocycles. The molecule has 20 heavy (non-hydrogen) atoms. The summed E-state index contributed by atoms with van der Waals surface area (Å²) in [6, 6.07) is 9.30. The van der Waals surface area contributed by atoms with Gasteiger partial charge in [-0.05, 0) is 31.2 Å². The van der Waals surface area contributed by atoms with Crippen LogP contribution in [0, 0.1) is 6.92 Å². The number of aromatic nitrogens is 4. The summed E-state index contributed by atoms with van der Waals surface area (Å²) in [5, 5.41) is 4.50. The van der Waals surface area contributed by atoms with Gasteiger partial charge in [0.05, 0.1) is 23.1 Å². The molecule has 3 aromatic heterocycles. The quantitative estimate of drug-likeness (QED) is 0.572. The van der Waals surface area contributed by atoms with Gasteiger partial charge in [0.2, 0.25) is 0 Å². The van der Waals surface area contributed by atoms with Crippen LogP contribution in [-0.4, -0.2) is 19.6 Å². The highest BCUT2D eigenvalue weighted by atomic mass is 16.4. The second kappa shape index (κ2) is 3.80. The summed E-state index contributed by atoms with van der Waals surface area (Å²) in [5.74, 6) is -0.453. The molecule has 1 N–H and O–H groups in total. The topological polar surface area (TPSA) is 76.2 Å². The zero-order valence-electron chi connectivity index (χ0n) is 10.6. The first-order valence-electron chi connectivity index (χ1n) is 6.15. The molecule has 1 aromatic carbocycles. The molecule has 0 unspecified atom stereocenters. The van der Waals surface area contributed by atoms with Gasteiger partial charge in [0.1, 0.15) is 0 Å². The minimum absolute atomic E-state index is 0.453. The Hall–Kier alpha value is -2.89. The van der Waals surface area contributed by atoms with Crippen molar-refractivity contribution in [2.45, 2.75) is 6.92 Å². The highest BCUT2D eigenvalue weighted by Crippen LogP contribution is 2.21. The van der Waals surface area contributed by atoms with E-state index < -0.39 is 5.76 Å². The minimum Gasteiger partial charge on any atom is -0.408 e. The Morgan fingerprint density at radius 1 is 1.25 bits per heavy atom. The van der Waals surface area contributed by atoms with Crippen molar-refractivity contribution in [3.05, 3.63) is 52.8 Å². The molecule has 0 aliphatic heterocycles. The monoisotopic (exact) mass is 266 g/mol. The number of hydrogen-bond donors (Lipinski definition) is 1. The SMILES string of the molecule is Cc1cn2nc(-c3ccc4[nH]c(=O)oc4c3)ccc2n1. The molecule has 0 spiro atoms. The molecular formula is C14H10N4O2. The predicted molar refractivity (Wildman–Crippen MR) is 73.6 cm³/mol. The van der Waals surface area contributed by atoms with Gasteiger partial charge >= 0.3 is 5.76 Å². The van der Waals surface area contributed by atoms with Gasteiger partial charge < -0.3 is 4.42 Å². The number of aromatic amines is 1. The van der Waals surface area contributed by atoms with E-state index in [4.69, 9.17) is 4.42 Å². The third-order valence-electron chi connectivity index (χ3n) is 3.16. The van der Waals surface area contributed by atoms with Crippen molar-refractivity contribution in [3.63, 3.8) is 0 Å². The lowest BCUT2D eigenvalue weighted by atomic mass is 10.1. The van der Waals surface area contributed by atoms with Gasteiger partial charge in [-0.2, -0.15) is 5.10 Å². The molecule has 0 amide bonds. The molecular weight excluding hydrogens is 256 g/mol. The standard InChI is InChI=1S/C14H10N4O2/c1-8-7-18-13(15-8)5-4-10(17-18)9-2-3-11-12(6-9)20-14(19)16-11/h2-7H,1H3,(H,16,19). The van der Waals surface area contributed by atoms with Crippen molar-refractivity contribution in [3.8, 4) is 11.3 Å². The van der Waals surface area contributed by atoms with Crippen molar-refractivity contribution in [1.29, 1.82) is 0 Å². The van der Waals surface area contributed by atoms with E-state index in [2.05, 4.69) is 15.1 Å². The van der Waals surface area contributed by atoms with E-state index in [1.54, 1.807) is 16.6 Å². The Balaban J connectivity index is 1.92.